The van der Waals surface area contributed by atoms with Gasteiger partial charge >= 0.3 is 0 Å². The van der Waals surface area contributed by atoms with Gasteiger partial charge < -0.3 is 10.0 Å². The van der Waals surface area contributed by atoms with E-state index in [-0.39, 0.29) is 6.10 Å². The molecule has 2 aliphatic rings. The average Bonchev–Trinajstić information content (AvgIpc) is 3.05. The summed E-state index contributed by atoms with van der Waals surface area (Å²) in [5.41, 5.74) is 0. The Balaban J connectivity index is 1.48. The summed E-state index contributed by atoms with van der Waals surface area (Å²) in [6.45, 7) is 8.18. The Bertz CT molecular complexity index is 444. The molecule has 2 saturated heterocycles. The number of rotatable bonds is 6. The molecule has 0 radical (unpaired) electrons. The van der Waals surface area contributed by atoms with Crippen LogP contribution in [0.3, 0.4) is 0 Å². The fourth-order valence-electron chi connectivity index (χ4n) is 3.92. The van der Waals surface area contributed by atoms with Crippen LogP contribution in [0.5, 0.6) is 0 Å². The molecule has 3 rings (SSSR count). The highest BCUT2D eigenvalue weighted by Gasteiger charge is 2.26. The van der Waals surface area contributed by atoms with E-state index in [1.807, 2.05) is 4.68 Å². The third-order valence-corrected chi connectivity index (χ3v) is 5.40. The van der Waals surface area contributed by atoms with E-state index in [1.54, 1.807) is 12.7 Å². The summed E-state index contributed by atoms with van der Waals surface area (Å²) in [5.74, 6) is 0.845. The molecule has 1 aromatic heterocycles. The second-order valence-electron chi connectivity index (χ2n) is 7.40. The van der Waals surface area contributed by atoms with Crippen molar-refractivity contribution < 1.29 is 5.11 Å². The number of likely N-dealkylation sites (tertiary alicyclic amines) is 2. The first-order valence-electron chi connectivity index (χ1n) is 9.17. The van der Waals surface area contributed by atoms with Gasteiger partial charge in [0.05, 0.1) is 12.6 Å². The highest BCUT2D eigenvalue weighted by molar-refractivity contribution is 4.81. The van der Waals surface area contributed by atoms with E-state index in [2.05, 4.69) is 26.8 Å². The average molecular weight is 321 g/mol. The number of hydrogen-bond acceptors (Lipinski definition) is 5. The molecule has 0 spiro atoms. The van der Waals surface area contributed by atoms with Crippen LogP contribution in [0.15, 0.2) is 12.7 Å². The molecule has 0 aromatic carbocycles. The van der Waals surface area contributed by atoms with Crippen LogP contribution < -0.4 is 0 Å². The zero-order valence-corrected chi connectivity index (χ0v) is 14.3. The van der Waals surface area contributed by atoms with Crippen molar-refractivity contribution in [2.75, 3.05) is 32.7 Å². The van der Waals surface area contributed by atoms with Crippen LogP contribution in [0.2, 0.25) is 0 Å². The molecule has 130 valence electrons. The monoisotopic (exact) mass is 321 g/mol. The van der Waals surface area contributed by atoms with E-state index in [0.29, 0.717) is 6.04 Å². The zero-order chi connectivity index (χ0) is 16.1. The molecule has 0 saturated carbocycles. The minimum absolute atomic E-state index is 0.250. The van der Waals surface area contributed by atoms with E-state index in [0.717, 1.165) is 45.2 Å². The number of nitrogens with zero attached hydrogens (tertiary/aromatic N) is 5. The van der Waals surface area contributed by atoms with Gasteiger partial charge in [0, 0.05) is 19.1 Å². The molecule has 0 aliphatic carbocycles. The van der Waals surface area contributed by atoms with Crippen LogP contribution in [-0.2, 0) is 6.54 Å². The number of β-amino-alcohol motifs (C(OH)–C–C–N with tert-alkyl or cyclic N) is 1. The molecular weight excluding hydrogens is 290 g/mol. The molecule has 2 atom stereocenters. The summed E-state index contributed by atoms with van der Waals surface area (Å²) in [4.78, 5) is 8.93. The maximum absolute atomic E-state index is 10.5. The number of aliphatic hydroxyl groups excluding tert-OH is 1. The lowest BCUT2D eigenvalue weighted by Crippen LogP contribution is -2.49. The second-order valence-corrected chi connectivity index (χ2v) is 7.40. The van der Waals surface area contributed by atoms with E-state index in [1.165, 1.54) is 32.1 Å². The van der Waals surface area contributed by atoms with Gasteiger partial charge in [0.2, 0.25) is 0 Å². The van der Waals surface area contributed by atoms with Crippen molar-refractivity contribution in [1.29, 1.82) is 0 Å². The topological polar surface area (TPSA) is 57.4 Å². The molecule has 0 bridgehead atoms. The highest BCUT2D eigenvalue weighted by Crippen LogP contribution is 2.20. The Morgan fingerprint density at radius 2 is 1.96 bits per heavy atom. The van der Waals surface area contributed by atoms with Gasteiger partial charge in [-0.05, 0) is 51.2 Å². The van der Waals surface area contributed by atoms with Gasteiger partial charge in [0.15, 0.2) is 0 Å². The molecule has 1 N–H and O–H groups in total. The van der Waals surface area contributed by atoms with Crippen LogP contribution >= 0.6 is 0 Å². The van der Waals surface area contributed by atoms with E-state index in [9.17, 15) is 5.11 Å². The number of aliphatic hydroxyl groups is 1. The molecular formula is C17H31N5O. The lowest BCUT2D eigenvalue weighted by atomic mass is 9.98. The minimum Gasteiger partial charge on any atom is -0.390 e. The van der Waals surface area contributed by atoms with Crippen LogP contribution in [0.4, 0.5) is 0 Å². The first kappa shape index (κ1) is 16.9. The Labute approximate surface area is 139 Å². The molecule has 6 heteroatoms. The highest BCUT2D eigenvalue weighted by atomic mass is 16.3. The van der Waals surface area contributed by atoms with Crippen molar-refractivity contribution in [3.63, 3.8) is 0 Å². The smallest absolute Gasteiger partial charge is 0.137 e. The molecule has 23 heavy (non-hydrogen) atoms. The third kappa shape index (κ3) is 4.99. The Morgan fingerprint density at radius 1 is 1.13 bits per heavy atom. The zero-order valence-electron chi connectivity index (χ0n) is 14.3. The SMILES string of the molecule is CC1CCN(C[C@H](O)CN2CCCC[C@@H]2Cn2cncn2)CC1. The van der Waals surface area contributed by atoms with Gasteiger partial charge in [-0.3, -0.25) is 9.58 Å². The van der Waals surface area contributed by atoms with Gasteiger partial charge in [-0.25, -0.2) is 4.98 Å². The van der Waals surface area contributed by atoms with Crippen molar-refractivity contribution in [2.24, 2.45) is 5.92 Å². The van der Waals surface area contributed by atoms with Gasteiger partial charge in [0.1, 0.15) is 12.7 Å². The van der Waals surface area contributed by atoms with Gasteiger partial charge in [0.25, 0.3) is 0 Å². The number of aromatic nitrogens is 3. The number of piperidine rings is 2. The summed E-state index contributed by atoms with van der Waals surface area (Å²) in [6, 6.07) is 0.474. The van der Waals surface area contributed by atoms with Gasteiger partial charge in [-0.2, -0.15) is 5.10 Å². The van der Waals surface area contributed by atoms with Crippen LogP contribution in [-0.4, -0.2) is 74.5 Å². The Hall–Kier alpha value is -0.980. The maximum atomic E-state index is 10.5. The van der Waals surface area contributed by atoms with Crippen molar-refractivity contribution >= 4 is 0 Å². The molecule has 0 unspecified atom stereocenters. The van der Waals surface area contributed by atoms with Crippen molar-refractivity contribution in [2.45, 2.75) is 57.7 Å². The Kier molecular flexibility index (Phi) is 6.02. The minimum atomic E-state index is -0.250. The quantitative estimate of drug-likeness (QED) is 0.854. The van der Waals surface area contributed by atoms with E-state index in [4.69, 9.17) is 0 Å². The summed E-state index contributed by atoms with van der Waals surface area (Å²) in [7, 11) is 0. The van der Waals surface area contributed by atoms with Crippen molar-refractivity contribution in [1.82, 2.24) is 24.6 Å². The van der Waals surface area contributed by atoms with Crippen LogP contribution in [0.1, 0.15) is 39.0 Å². The first-order valence-corrected chi connectivity index (χ1v) is 9.17. The van der Waals surface area contributed by atoms with Crippen molar-refractivity contribution in [3.05, 3.63) is 12.7 Å². The standard InChI is InChI=1S/C17H31N5O/c1-15-5-8-20(9-6-15)11-17(23)12-21-7-3-2-4-16(21)10-22-14-18-13-19-22/h13-17,23H,2-12H2,1H3/t16-,17+/m1/s1. The third-order valence-electron chi connectivity index (χ3n) is 5.40. The lowest BCUT2D eigenvalue weighted by Gasteiger charge is -2.38. The maximum Gasteiger partial charge on any atom is 0.137 e. The normalized spacial score (nSPS) is 26.4. The van der Waals surface area contributed by atoms with Crippen molar-refractivity contribution in [3.8, 4) is 0 Å². The predicted molar refractivity (Wildman–Crippen MR) is 90.1 cm³/mol. The van der Waals surface area contributed by atoms with Gasteiger partial charge in [-0.1, -0.05) is 13.3 Å². The Morgan fingerprint density at radius 3 is 2.70 bits per heavy atom. The number of hydrogen-bond donors (Lipinski definition) is 1. The largest absolute Gasteiger partial charge is 0.390 e. The molecule has 0 amide bonds. The summed E-state index contributed by atoms with van der Waals surface area (Å²) in [5, 5.41) is 14.8. The van der Waals surface area contributed by atoms with Crippen LogP contribution in [0, 0.1) is 5.92 Å². The van der Waals surface area contributed by atoms with E-state index >= 15 is 0 Å². The summed E-state index contributed by atoms with van der Waals surface area (Å²) >= 11 is 0. The summed E-state index contributed by atoms with van der Waals surface area (Å²) < 4.78 is 1.92. The molecule has 3 heterocycles. The predicted octanol–water partition coefficient (Wildman–Crippen LogP) is 1.23. The molecule has 1 aromatic rings. The fraction of sp³-hybridized carbons (Fsp3) is 0.882. The molecule has 2 aliphatic heterocycles. The second kappa shape index (κ2) is 8.22. The summed E-state index contributed by atoms with van der Waals surface area (Å²) in [6.07, 6.45) is 9.37. The lowest BCUT2D eigenvalue weighted by molar-refractivity contribution is 0.0322. The van der Waals surface area contributed by atoms with E-state index < -0.39 is 0 Å². The molecule has 2 fully saturated rings. The van der Waals surface area contributed by atoms with Gasteiger partial charge in [-0.15, -0.1) is 0 Å². The van der Waals surface area contributed by atoms with Crippen LogP contribution in [0.25, 0.3) is 0 Å². The molecule has 6 nitrogen and oxygen atoms in total. The first-order chi connectivity index (χ1) is 11.2. The fourth-order valence-corrected chi connectivity index (χ4v) is 3.92.